The number of halogens is 1. The molecule has 122 valence electrons. The van der Waals surface area contributed by atoms with Crippen LogP contribution >= 0.6 is 12.4 Å². The average molecular weight is 324 g/mol. The van der Waals surface area contributed by atoms with Crippen LogP contribution in [0.3, 0.4) is 0 Å². The molecule has 0 spiro atoms. The lowest BCUT2D eigenvalue weighted by atomic mass is 9.99. The van der Waals surface area contributed by atoms with Gasteiger partial charge in [-0.25, -0.2) is 0 Å². The molecule has 1 heterocycles. The minimum Gasteiger partial charge on any atom is -0.361 e. The Morgan fingerprint density at radius 2 is 2.14 bits per heavy atom. The number of amides is 1. The second kappa shape index (κ2) is 8.20. The molecule has 0 radical (unpaired) electrons. The zero-order chi connectivity index (χ0) is 15.4. The van der Waals surface area contributed by atoms with Crippen LogP contribution in [0.25, 0.3) is 10.9 Å². The third kappa shape index (κ3) is 4.02. The fraction of sp³-hybridized carbons (Fsp3) is 0.471. The first-order valence-electron chi connectivity index (χ1n) is 7.63. The Labute approximate surface area is 138 Å². The van der Waals surface area contributed by atoms with Gasteiger partial charge in [-0.15, -0.1) is 12.4 Å². The standard InChI is InChI=1S/C17H25N3O.ClH/c1-4-11(2)16(18)17(21)19-9-8-13-10-20-14-7-5-6-12(3)15(13)14;/h5-7,10-11,16,20H,4,8-9,18H2,1-3H3,(H,19,21);1H. The smallest absolute Gasteiger partial charge is 0.237 e. The quantitative estimate of drug-likeness (QED) is 0.765. The summed E-state index contributed by atoms with van der Waals surface area (Å²) >= 11 is 0. The van der Waals surface area contributed by atoms with Gasteiger partial charge in [0.25, 0.3) is 0 Å². The summed E-state index contributed by atoms with van der Waals surface area (Å²) in [6, 6.07) is 5.81. The predicted octanol–water partition coefficient (Wildman–Crippen LogP) is 2.93. The van der Waals surface area contributed by atoms with E-state index in [-0.39, 0.29) is 24.2 Å². The molecule has 2 aromatic rings. The summed E-state index contributed by atoms with van der Waals surface area (Å²) < 4.78 is 0. The fourth-order valence-corrected chi connectivity index (χ4v) is 2.60. The zero-order valence-electron chi connectivity index (χ0n) is 13.5. The van der Waals surface area contributed by atoms with Crippen LogP contribution in [0.1, 0.15) is 31.4 Å². The number of benzene rings is 1. The SMILES string of the molecule is CCC(C)C(N)C(=O)NCCc1c[nH]c2cccc(C)c12.Cl. The van der Waals surface area contributed by atoms with Crippen molar-refractivity contribution >= 4 is 29.2 Å². The highest BCUT2D eigenvalue weighted by Gasteiger charge is 2.18. The van der Waals surface area contributed by atoms with Crippen molar-refractivity contribution in [3.05, 3.63) is 35.5 Å². The zero-order valence-corrected chi connectivity index (χ0v) is 14.3. The molecule has 0 bridgehead atoms. The molecular formula is C17H26ClN3O. The molecule has 0 saturated carbocycles. The van der Waals surface area contributed by atoms with Gasteiger partial charge in [-0.1, -0.05) is 32.4 Å². The van der Waals surface area contributed by atoms with Gasteiger partial charge < -0.3 is 16.0 Å². The Morgan fingerprint density at radius 3 is 2.82 bits per heavy atom. The fourth-order valence-electron chi connectivity index (χ4n) is 2.60. The molecule has 0 aliphatic carbocycles. The molecule has 1 aromatic heterocycles. The molecule has 5 heteroatoms. The lowest BCUT2D eigenvalue weighted by Gasteiger charge is -2.17. The Bertz CT molecular complexity index is 623. The van der Waals surface area contributed by atoms with Gasteiger partial charge in [0.15, 0.2) is 0 Å². The Balaban J connectivity index is 0.00000242. The normalized spacial score (nSPS) is 13.5. The number of fused-ring (bicyclic) bond motifs is 1. The molecule has 2 unspecified atom stereocenters. The van der Waals surface area contributed by atoms with Crippen molar-refractivity contribution in [1.82, 2.24) is 10.3 Å². The Morgan fingerprint density at radius 1 is 1.41 bits per heavy atom. The van der Waals surface area contributed by atoms with Gasteiger partial charge in [-0.2, -0.15) is 0 Å². The first-order valence-corrected chi connectivity index (χ1v) is 7.63. The summed E-state index contributed by atoms with van der Waals surface area (Å²) in [7, 11) is 0. The van der Waals surface area contributed by atoms with E-state index in [1.807, 2.05) is 26.1 Å². The Hall–Kier alpha value is -1.52. The number of aromatic amines is 1. The van der Waals surface area contributed by atoms with E-state index in [9.17, 15) is 4.79 Å². The summed E-state index contributed by atoms with van der Waals surface area (Å²) in [5.41, 5.74) is 9.57. The monoisotopic (exact) mass is 323 g/mol. The van der Waals surface area contributed by atoms with Crippen molar-refractivity contribution in [2.24, 2.45) is 11.7 Å². The molecule has 0 fully saturated rings. The Kier molecular flexibility index (Phi) is 6.91. The summed E-state index contributed by atoms with van der Waals surface area (Å²) in [4.78, 5) is 15.2. The molecule has 22 heavy (non-hydrogen) atoms. The number of hydrogen-bond acceptors (Lipinski definition) is 2. The van der Waals surface area contributed by atoms with Gasteiger partial charge in [-0.3, -0.25) is 4.79 Å². The predicted molar refractivity (Wildman–Crippen MR) is 94.4 cm³/mol. The van der Waals surface area contributed by atoms with E-state index in [1.54, 1.807) is 0 Å². The highest BCUT2D eigenvalue weighted by atomic mass is 35.5. The molecule has 2 rings (SSSR count). The number of carbonyl (C=O) groups excluding carboxylic acids is 1. The van der Waals surface area contributed by atoms with Gasteiger partial charge in [0.2, 0.25) is 5.91 Å². The number of rotatable bonds is 6. The first-order chi connectivity index (χ1) is 10.0. The van der Waals surface area contributed by atoms with Crippen molar-refractivity contribution in [3.63, 3.8) is 0 Å². The third-order valence-electron chi connectivity index (χ3n) is 4.25. The maximum atomic E-state index is 12.0. The van der Waals surface area contributed by atoms with Crippen molar-refractivity contribution in [2.45, 2.75) is 39.7 Å². The number of hydrogen-bond donors (Lipinski definition) is 3. The second-order valence-corrected chi connectivity index (χ2v) is 5.76. The molecule has 0 saturated heterocycles. The van der Waals surface area contributed by atoms with Crippen LogP contribution in [-0.2, 0) is 11.2 Å². The van der Waals surface area contributed by atoms with Crippen LogP contribution in [0, 0.1) is 12.8 Å². The highest BCUT2D eigenvalue weighted by molar-refractivity contribution is 5.86. The lowest BCUT2D eigenvalue weighted by Crippen LogP contribution is -2.45. The topological polar surface area (TPSA) is 70.9 Å². The van der Waals surface area contributed by atoms with Crippen molar-refractivity contribution in [3.8, 4) is 0 Å². The van der Waals surface area contributed by atoms with Crippen LogP contribution in [0.4, 0.5) is 0 Å². The lowest BCUT2D eigenvalue weighted by molar-refractivity contribution is -0.123. The molecule has 2 atom stereocenters. The molecule has 0 aliphatic rings. The summed E-state index contributed by atoms with van der Waals surface area (Å²) in [5, 5.41) is 4.20. The van der Waals surface area contributed by atoms with Gasteiger partial charge in [0, 0.05) is 23.6 Å². The van der Waals surface area contributed by atoms with Gasteiger partial charge >= 0.3 is 0 Å². The van der Waals surface area contributed by atoms with Gasteiger partial charge in [0.05, 0.1) is 6.04 Å². The average Bonchev–Trinajstić information content (AvgIpc) is 2.90. The van der Waals surface area contributed by atoms with Crippen molar-refractivity contribution in [1.29, 1.82) is 0 Å². The van der Waals surface area contributed by atoms with Crippen LogP contribution in [0.5, 0.6) is 0 Å². The van der Waals surface area contributed by atoms with E-state index in [0.29, 0.717) is 6.54 Å². The van der Waals surface area contributed by atoms with E-state index in [0.717, 1.165) is 18.4 Å². The maximum Gasteiger partial charge on any atom is 0.237 e. The highest BCUT2D eigenvalue weighted by Crippen LogP contribution is 2.22. The molecular weight excluding hydrogens is 298 g/mol. The maximum absolute atomic E-state index is 12.0. The van der Waals surface area contributed by atoms with Crippen LogP contribution in [0.2, 0.25) is 0 Å². The van der Waals surface area contributed by atoms with E-state index in [1.165, 1.54) is 16.5 Å². The molecule has 0 aliphatic heterocycles. The molecule has 4 N–H and O–H groups in total. The number of aromatic nitrogens is 1. The largest absolute Gasteiger partial charge is 0.361 e. The van der Waals surface area contributed by atoms with E-state index in [2.05, 4.69) is 29.4 Å². The summed E-state index contributed by atoms with van der Waals surface area (Å²) in [6.07, 6.45) is 3.75. The number of nitrogens with two attached hydrogens (primary N) is 1. The van der Waals surface area contributed by atoms with E-state index < -0.39 is 6.04 Å². The number of carbonyl (C=O) groups is 1. The third-order valence-corrected chi connectivity index (χ3v) is 4.25. The molecule has 4 nitrogen and oxygen atoms in total. The van der Waals surface area contributed by atoms with Crippen molar-refractivity contribution < 1.29 is 4.79 Å². The number of nitrogens with one attached hydrogen (secondary N) is 2. The molecule has 1 amide bonds. The second-order valence-electron chi connectivity index (χ2n) is 5.76. The number of aryl methyl sites for hydroxylation is 1. The van der Waals surface area contributed by atoms with Crippen LogP contribution in [-0.4, -0.2) is 23.5 Å². The van der Waals surface area contributed by atoms with E-state index >= 15 is 0 Å². The molecule has 1 aromatic carbocycles. The van der Waals surface area contributed by atoms with Crippen LogP contribution in [0.15, 0.2) is 24.4 Å². The van der Waals surface area contributed by atoms with Crippen molar-refractivity contribution in [2.75, 3.05) is 6.54 Å². The minimum absolute atomic E-state index is 0. The first kappa shape index (κ1) is 18.5. The summed E-state index contributed by atoms with van der Waals surface area (Å²) in [5.74, 6) is 0.154. The van der Waals surface area contributed by atoms with Gasteiger partial charge in [0.1, 0.15) is 0 Å². The van der Waals surface area contributed by atoms with Crippen LogP contribution < -0.4 is 11.1 Å². The summed E-state index contributed by atoms with van der Waals surface area (Å²) in [6.45, 7) is 6.78. The number of H-pyrrole nitrogens is 1. The minimum atomic E-state index is -0.417. The van der Waals surface area contributed by atoms with Gasteiger partial charge in [-0.05, 0) is 36.5 Å². The van der Waals surface area contributed by atoms with E-state index in [4.69, 9.17) is 5.73 Å².